The second-order valence-electron chi connectivity index (χ2n) is 3.79. The van der Waals surface area contributed by atoms with E-state index in [2.05, 4.69) is 10.1 Å². The second-order valence-corrected chi connectivity index (χ2v) is 3.79. The number of hydrogen-bond donors (Lipinski definition) is 1. The highest BCUT2D eigenvalue weighted by Gasteiger charge is 2.15. The molecule has 4 nitrogen and oxygen atoms in total. The average molecular weight is 217 g/mol. The van der Waals surface area contributed by atoms with Crippen molar-refractivity contribution in [1.29, 1.82) is 0 Å². The van der Waals surface area contributed by atoms with Crippen molar-refractivity contribution < 1.29 is 4.52 Å². The van der Waals surface area contributed by atoms with E-state index in [1.54, 1.807) is 0 Å². The third-order valence-corrected chi connectivity index (χ3v) is 2.50. The molecule has 2 N–H and O–H groups in total. The lowest BCUT2D eigenvalue weighted by atomic mass is 10.1. The van der Waals surface area contributed by atoms with Gasteiger partial charge in [0.1, 0.15) is 0 Å². The first-order valence-electron chi connectivity index (χ1n) is 5.35. The van der Waals surface area contributed by atoms with Gasteiger partial charge in [0.15, 0.2) is 5.82 Å². The second kappa shape index (κ2) is 4.45. The minimum Gasteiger partial charge on any atom is -0.339 e. The van der Waals surface area contributed by atoms with Crippen molar-refractivity contribution in [3.63, 3.8) is 0 Å². The Morgan fingerprint density at radius 1 is 1.31 bits per heavy atom. The van der Waals surface area contributed by atoms with Crippen LogP contribution in [0.2, 0.25) is 0 Å². The van der Waals surface area contributed by atoms with Gasteiger partial charge in [0, 0.05) is 6.42 Å². The number of aromatic nitrogens is 2. The van der Waals surface area contributed by atoms with Crippen LogP contribution in [0.5, 0.6) is 0 Å². The molecule has 84 valence electrons. The van der Waals surface area contributed by atoms with Crippen LogP contribution in [0, 0.1) is 6.92 Å². The predicted molar refractivity (Wildman–Crippen MR) is 60.9 cm³/mol. The molecule has 0 saturated heterocycles. The van der Waals surface area contributed by atoms with Gasteiger partial charge in [0.2, 0.25) is 5.89 Å². The van der Waals surface area contributed by atoms with Crippen molar-refractivity contribution in [2.24, 2.45) is 5.73 Å². The molecule has 1 atom stereocenters. The number of benzene rings is 1. The van der Waals surface area contributed by atoms with Crippen LogP contribution in [0.3, 0.4) is 0 Å². The largest absolute Gasteiger partial charge is 0.339 e. The number of rotatable bonds is 3. The number of aryl methyl sites for hydroxylation is 2. The van der Waals surface area contributed by atoms with E-state index in [1.807, 2.05) is 38.1 Å². The molecule has 2 aromatic rings. The van der Waals surface area contributed by atoms with E-state index < -0.39 is 0 Å². The van der Waals surface area contributed by atoms with Crippen molar-refractivity contribution in [1.82, 2.24) is 10.1 Å². The highest BCUT2D eigenvalue weighted by Crippen LogP contribution is 2.17. The lowest BCUT2D eigenvalue weighted by molar-refractivity contribution is 0.375. The molecular formula is C12H15N3O. The molecule has 1 heterocycles. The van der Waals surface area contributed by atoms with Gasteiger partial charge in [-0.2, -0.15) is 4.98 Å². The number of hydrogen-bond acceptors (Lipinski definition) is 4. The first-order chi connectivity index (χ1) is 7.70. The maximum absolute atomic E-state index is 6.05. The molecule has 0 aliphatic heterocycles. The Balaban J connectivity index is 2.24. The van der Waals surface area contributed by atoms with Crippen LogP contribution in [0.25, 0.3) is 0 Å². The Morgan fingerprint density at radius 3 is 2.56 bits per heavy atom. The number of nitrogens with two attached hydrogens (primary N) is 1. The van der Waals surface area contributed by atoms with Gasteiger partial charge in [0.05, 0.1) is 6.04 Å². The summed E-state index contributed by atoms with van der Waals surface area (Å²) in [7, 11) is 0. The molecule has 1 aromatic heterocycles. The maximum Gasteiger partial charge on any atom is 0.226 e. The zero-order valence-corrected chi connectivity index (χ0v) is 9.47. The quantitative estimate of drug-likeness (QED) is 0.853. The molecule has 0 aliphatic rings. The molecule has 0 amide bonds. The summed E-state index contributed by atoms with van der Waals surface area (Å²) in [5.41, 5.74) is 8.25. The normalized spacial score (nSPS) is 12.7. The Hall–Kier alpha value is -1.68. The molecule has 0 bridgehead atoms. The molecule has 2 rings (SSSR count). The van der Waals surface area contributed by atoms with Gasteiger partial charge in [-0.25, -0.2) is 0 Å². The number of nitrogens with zero attached hydrogens (tertiary/aromatic N) is 2. The standard InChI is InChI=1S/C12H15N3O/c1-3-10-14-12(15-16-10)11(13)9-6-4-8(2)5-7-9/h4-7,11H,3,13H2,1-2H3. The summed E-state index contributed by atoms with van der Waals surface area (Å²) in [4.78, 5) is 4.22. The molecule has 1 unspecified atom stereocenters. The van der Waals surface area contributed by atoms with Crippen LogP contribution in [0.4, 0.5) is 0 Å². The van der Waals surface area contributed by atoms with Gasteiger partial charge >= 0.3 is 0 Å². The molecule has 0 spiro atoms. The van der Waals surface area contributed by atoms with Gasteiger partial charge in [-0.1, -0.05) is 41.9 Å². The van der Waals surface area contributed by atoms with Gasteiger partial charge in [-0.15, -0.1) is 0 Å². The van der Waals surface area contributed by atoms with Crippen molar-refractivity contribution in [2.75, 3.05) is 0 Å². The van der Waals surface area contributed by atoms with E-state index in [1.165, 1.54) is 5.56 Å². The SMILES string of the molecule is CCc1nc(C(N)c2ccc(C)cc2)no1. The van der Waals surface area contributed by atoms with Gasteiger partial charge in [-0.3, -0.25) is 0 Å². The predicted octanol–water partition coefficient (Wildman–Crippen LogP) is 1.99. The first kappa shape index (κ1) is 10.8. The van der Waals surface area contributed by atoms with Gasteiger partial charge in [-0.05, 0) is 12.5 Å². The smallest absolute Gasteiger partial charge is 0.226 e. The molecule has 16 heavy (non-hydrogen) atoms. The zero-order chi connectivity index (χ0) is 11.5. The Kier molecular flexibility index (Phi) is 3.01. The zero-order valence-electron chi connectivity index (χ0n) is 9.47. The topological polar surface area (TPSA) is 64.9 Å². The summed E-state index contributed by atoms with van der Waals surface area (Å²) in [6.45, 7) is 4.01. The van der Waals surface area contributed by atoms with E-state index in [-0.39, 0.29) is 6.04 Å². The highest BCUT2D eigenvalue weighted by atomic mass is 16.5. The Morgan fingerprint density at radius 2 is 2.00 bits per heavy atom. The van der Waals surface area contributed by atoms with E-state index in [9.17, 15) is 0 Å². The minimum absolute atomic E-state index is 0.315. The van der Waals surface area contributed by atoms with Crippen LogP contribution in [-0.4, -0.2) is 10.1 Å². The molecule has 0 fully saturated rings. The summed E-state index contributed by atoms with van der Waals surface area (Å²) in [6.07, 6.45) is 0.730. The van der Waals surface area contributed by atoms with Crippen molar-refractivity contribution in [3.05, 3.63) is 47.1 Å². The summed E-state index contributed by atoms with van der Waals surface area (Å²) >= 11 is 0. The van der Waals surface area contributed by atoms with Crippen molar-refractivity contribution in [3.8, 4) is 0 Å². The Bertz CT molecular complexity index is 461. The summed E-state index contributed by atoms with van der Waals surface area (Å²) < 4.78 is 5.04. The fourth-order valence-corrected chi connectivity index (χ4v) is 1.46. The first-order valence-corrected chi connectivity index (χ1v) is 5.35. The van der Waals surface area contributed by atoms with Crippen LogP contribution < -0.4 is 5.73 Å². The molecule has 0 saturated carbocycles. The van der Waals surface area contributed by atoms with Crippen molar-refractivity contribution in [2.45, 2.75) is 26.3 Å². The van der Waals surface area contributed by atoms with Crippen LogP contribution in [0.15, 0.2) is 28.8 Å². The lowest BCUT2D eigenvalue weighted by Gasteiger charge is -2.07. The third-order valence-electron chi connectivity index (χ3n) is 2.50. The summed E-state index contributed by atoms with van der Waals surface area (Å²) in [6, 6.07) is 7.71. The van der Waals surface area contributed by atoms with Gasteiger partial charge < -0.3 is 10.3 Å². The van der Waals surface area contributed by atoms with E-state index in [0.29, 0.717) is 11.7 Å². The highest BCUT2D eigenvalue weighted by molar-refractivity contribution is 5.27. The van der Waals surface area contributed by atoms with Crippen LogP contribution >= 0.6 is 0 Å². The maximum atomic E-state index is 6.05. The molecule has 4 heteroatoms. The van der Waals surface area contributed by atoms with E-state index in [0.717, 1.165) is 12.0 Å². The van der Waals surface area contributed by atoms with Crippen LogP contribution in [0.1, 0.15) is 35.8 Å². The van der Waals surface area contributed by atoms with Gasteiger partial charge in [0.25, 0.3) is 0 Å². The third kappa shape index (κ3) is 2.12. The van der Waals surface area contributed by atoms with E-state index in [4.69, 9.17) is 10.3 Å². The minimum atomic E-state index is -0.315. The summed E-state index contributed by atoms with van der Waals surface area (Å²) in [5.74, 6) is 1.17. The van der Waals surface area contributed by atoms with E-state index >= 15 is 0 Å². The summed E-state index contributed by atoms with van der Waals surface area (Å²) in [5, 5.41) is 3.87. The fourth-order valence-electron chi connectivity index (χ4n) is 1.46. The molecule has 0 radical (unpaired) electrons. The molecule has 1 aromatic carbocycles. The lowest BCUT2D eigenvalue weighted by Crippen LogP contribution is -2.13. The molecular weight excluding hydrogens is 202 g/mol. The van der Waals surface area contributed by atoms with Crippen molar-refractivity contribution >= 4 is 0 Å². The van der Waals surface area contributed by atoms with Crippen LogP contribution in [-0.2, 0) is 6.42 Å². The fraction of sp³-hybridized carbons (Fsp3) is 0.333. The average Bonchev–Trinajstić information content (AvgIpc) is 2.77. The molecule has 0 aliphatic carbocycles. The monoisotopic (exact) mass is 217 g/mol. The Labute approximate surface area is 94.5 Å².